The number of nitrogens with zero attached hydrogens (tertiary/aromatic N) is 3. The Morgan fingerprint density at radius 1 is 1.12 bits per heavy atom. The summed E-state index contributed by atoms with van der Waals surface area (Å²) in [5.74, 6) is 1.42. The number of carbonyl (C=O) groups excluding carboxylic acids is 2. The number of fused-ring (bicyclic) bond motifs is 1. The maximum absolute atomic E-state index is 13.0. The van der Waals surface area contributed by atoms with Gasteiger partial charge in [-0.2, -0.15) is 0 Å². The monoisotopic (exact) mass is 467 g/mol. The second-order valence-corrected chi connectivity index (χ2v) is 8.46. The van der Waals surface area contributed by atoms with Crippen LogP contribution in [-0.4, -0.2) is 47.5 Å². The number of nitrogens with one attached hydrogen (secondary N) is 2. The molecule has 1 unspecified atom stereocenters. The number of hydrogen-bond donors (Lipinski definition) is 2. The molecule has 1 saturated heterocycles. The number of likely N-dealkylation sites (tertiary alicyclic amines) is 1. The van der Waals surface area contributed by atoms with E-state index in [1.54, 1.807) is 42.3 Å². The molecule has 1 fully saturated rings. The predicted octanol–water partition coefficient (Wildman–Crippen LogP) is 3.90. The van der Waals surface area contributed by atoms with Crippen LogP contribution in [0.4, 0.5) is 16.2 Å². The van der Waals surface area contributed by atoms with E-state index in [0.29, 0.717) is 40.2 Å². The first-order valence-electron chi connectivity index (χ1n) is 10.4. The van der Waals surface area contributed by atoms with Crippen LogP contribution in [0.2, 0.25) is 0 Å². The van der Waals surface area contributed by atoms with Crippen molar-refractivity contribution in [1.29, 1.82) is 0 Å². The highest BCUT2D eigenvalue weighted by molar-refractivity contribution is 7.13. The van der Waals surface area contributed by atoms with Gasteiger partial charge in [0.15, 0.2) is 11.5 Å². The molecule has 1 atom stereocenters. The molecule has 33 heavy (non-hydrogen) atoms. The Labute approximate surface area is 193 Å². The average Bonchev–Trinajstić information content (AvgIpc) is 3.59. The smallest absolute Gasteiger partial charge is 0.322 e. The molecular formula is C22H21N5O5S. The number of ether oxygens (including phenoxy) is 3. The number of urea groups is 1. The molecule has 5 rings (SSSR count). The zero-order valence-corrected chi connectivity index (χ0v) is 18.6. The normalized spacial score (nSPS) is 16.5. The summed E-state index contributed by atoms with van der Waals surface area (Å²) in [6.07, 6.45) is 1.58. The minimum atomic E-state index is -0.374. The van der Waals surface area contributed by atoms with Crippen LogP contribution in [0.25, 0.3) is 0 Å². The minimum Gasteiger partial charge on any atom is -0.495 e. The fraction of sp³-hybridized carbons (Fsp3) is 0.273. The summed E-state index contributed by atoms with van der Waals surface area (Å²) < 4.78 is 15.9. The van der Waals surface area contributed by atoms with Crippen LogP contribution in [-0.2, 0) is 0 Å². The van der Waals surface area contributed by atoms with Crippen LogP contribution in [0.15, 0.2) is 42.5 Å². The molecule has 0 saturated carbocycles. The molecule has 10 nitrogen and oxygen atoms in total. The lowest BCUT2D eigenvalue weighted by Gasteiger charge is -2.23. The number of benzene rings is 2. The zero-order valence-electron chi connectivity index (χ0n) is 17.7. The first kappa shape index (κ1) is 21.0. The number of carbonyl (C=O) groups is 2. The van der Waals surface area contributed by atoms with Crippen molar-refractivity contribution >= 4 is 34.6 Å². The Bertz CT molecular complexity index is 1200. The molecule has 0 bridgehead atoms. The quantitative estimate of drug-likeness (QED) is 0.585. The van der Waals surface area contributed by atoms with E-state index in [9.17, 15) is 9.59 Å². The third kappa shape index (κ3) is 4.27. The Kier molecular flexibility index (Phi) is 5.69. The summed E-state index contributed by atoms with van der Waals surface area (Å²) in [6, 6.07) is 11.9. The van der Waals surface area contributed by atoms with Gasteiger partial charge in [0.25, 0.3) is 5.91 Å². The van der Waals surface area contributed by atoms with Crippen LogP contribution >= 0.6 is 11.3 Å². The van der Waals surface area contributed by atoms with Crippen molar-refractivity contribution in [2.24, 2.45) is 0 Å². The highest BCUT2D eigenvalue weighted by Crippen LogP contribution is 2.36. The third-order valence-corrected chi connectivity index (χ3v) is 6.44. The predicted molar refractivity (Wildman–Crippen MR) is 121 cm³/mol. The molecule has 2 N–H and O–H groups in total. The van der Waals surface area contributed by atoms with Crippen molar-refractivity contribution in [1.82, 2.24) is 15.1 Å². The van der Waals surface area contributed by atoms with Crippen LogP contribution < -0.4 is 24.8 Å². The van der Waals surface area contributed by atoms with Crippen LogP contribution in [0.5, 0.6) is 17.2 Å². The maximum atomic E-state index is 13.0. The number of anilines is 2. The molecule has 11 heteroatoms. The van der Waals surface area contributed by atoms with Crippen molar-refractivity contribution in [3.05, 3.63) is 52.5 Å². The van der Waals surface area contributed by atoms with Gasteiger partial charge < -0.3 is 29.7 Å². The van der Waals surface area contributed by atoms with Gasteiger partial charge in [-0.1, -0.05) is 23.5 Å². The molecule has 1 aromatic heterocycles. The lowest BCUT2D eigenvalue weighted by atomic mass is 10.2. The van der Waals surface area contributed by atoms with E-state index >= 15 is 0 Å². The van der Waals surface area contributed by atoms with Gasteiger partial charge in [-0.15, -0.1) is 10.2 Å². The molecule has 2 aliphatic heterocycles. The first-order chi connectivity index (χ1) is 16.1. The topological polar surface area (TPSA) is 115 Å². The SMILES string of the molecule is COc1ccccc1NC(=O)N1CCCC1c1nnc(C(=O)Nc2ccc3c(c2)OCO3)s1. The van der Waals surface area contributed by atoms with E-state index in [2.05, 4.69) is 20.8 Å². The standard InChI is InChI=1S/C22H21N5O5S/c1-30-16-7-3-2-5-14(16)24-22(29)27-10-4-6-15(27)20-25-26-21(33-20)19(28)23-13-8-9-17-18(11-13)32-12-31-17/h2-3,5,7-9,11,15H,4,6,10,12H2,1H3,(H,23,28)(H,24,29). The number of rotatable bonds is 5. The summed E-state index contributed by atoms with van der Waals surface area (Å²) in [7, 11) is 1.56. The van der Waals surface area contributed by atoms with Crippen molar-refractivity contribution in [3.8, 4) is 17.2 Å². The van der Waals surface area contributed by atoms with Crippen molar-refractivity contribution < 1.29 is 23.8 Å². The summed E-state index contributed by atoms with van der Waals surface area (Å²) in [4.78, 5) is 27.4. The second kappa shape index (κ2) is 8.94. The van der Waals surface area contributed by atoms with Gasteiger partial charge in [0.2, 0.25) is 11.8 Å². The van der Waals surface area contributed by atoms with Gasteiger partial charge in [-0.3, -0.25) is 4.79 Å². The van der Waals surface area contributed by atoms with Crippen molar-refractivity contribution in [2.75, 3.05) is 31.1 Å². The Morgan fingerprint density at radius 3 is 2.85 bits per heavy atom. The summed E-state index contributed by atoms with van der Waals surface area (Å²) >= 11 is 1.18. The van der Waals surface area contributed by atoms with Crippen LogP contribution in [0, 0.1) is 0 Å². The molecular weight excluding hydrogens is 446 g/mol. The van der Waals surface area contributed by atoms with Gasteiger partial charge >= 0.3 is 6.03 Å². The minimum absolute atomic E-state index is 0.162. The number of methoxy groups -OCH3 is 1. The van der Waals surface area contributed by atoms with Crippen molar-refractivity contribution in [2.45, 2.75) is 18.9 Å². The van der Waals surface area contributed by atoms with E-state index < -0.39 is 0 Å². The van der Waals surface area contributed by atoms with E-state index in [4.69, 9.17) is 14.2 Å². The molecule has 3 heterocycles. The van der Waals surface area contributed by atoms with Crippen molar-refractivity contribution in [3.63, 3.8) is 0 Å². The number of para-hydroxylation sites is 2. The number of amides is 3. The van der Waals surface area contributed by atoms with Crippen LogP contribution in [0.1, 0.15) is 33.7 Å². The fourth-order valence-electron chi connectivity index (χ4n) is 3.82. The highest BCUT2D eigenvalue weighted by Gasteiger charge is 2.33. The second-order valence-electron chi connectivity index (χ2n) is 7.45. The summed E-state index contributed by atoms with van der Waals surface area (Å²) in [5, 5.41) is 14.8. The average molecular weight is 468 g/mol. The van der Waals surface area contributed by atoms with E-state index in [1.807, 2.05) is 12.1 Å². The molecule has 3 amide bonds. The summed E-state index contributed by atoms with van der Waals surface area (Å²) in [6.45, 7) is 0.749. The number of hydrogen-bond acceptors (Lipinski definition) is 8. The fourth-order valence-corrected chi connectivity index (χ4v) is 4.71. The molecule has 0 spiro atoms. The van der Waals surface area contributed by atoms with Crippen LogP contribution in [0.3, 0.4) is 0 Å². The molecule has 3 aromatic rings. The third-order valence-electron chi connectivity index (χ3n) is 5.41. The number of aromatic nitrogens is 2. The first-order valence-corrected chi connectivity index (χ1v) is 11.2. The molecule has 0 radical (unpaired) electrons. The van der Waals surface area contributed by atoms with E-state index in [0.717, 1.165) is 12.8 Å². The Hall–Kier alpha value is -3.86. The maximum Gasteiger partial charge on any atom is 0.322 e. The van der Waals surface area contributed by atoms with E-state index in [-0.39, 0.29) is 29.8 Å². The Morgan fingerprint density at radius 2 is 1.97 bits per heavy atom. The largest absolute Gasteiger partial charge is 0.495 e. The lowest BCUT2D eigenvalue weighted by molar-refractivity contribution is 0.102. The lowest BCUT2D eigenvalue weighted by Crippen LogP contribution is -2.34. The summed E-state index contributed by atoms with van der Waals surface area (Å²) in [5.41, 5.74) is 1.16. The van der Waals surface area contributed by atoms with Gasteiger partial charge in [0, 0.05) is 18.3 Å². The molecule has 2 aromatic carbocycles. The van der Waals surface area contributed by atoms with Gasteiger partial charge in [0.05, 0.1) is 18.8 Å². The highest BCUT2D eigenvalue weighted by atomic mass is 32.1. The van der Waals surface area contributed by atoms with E-state index in [1.165, 1.54) is 11.3 Å². The van der Waals surface area contributed by atoms with Gasteiger partial charge in [-0.25, -0.2) is 4.79 Å². The van der Waals surface area contributed by atoms with Gasteiger partial charge in [0.1, 0.15) is 10.8 Å². The zero-order chi connectivity index (χ0) is 22.8. The van der Waals surface area contributed by atoms with Gasteiger partial charge in [-0.05, 0) is 37.1 Å². The Balaban J connectivity index is 1.27. The molecule has 0 aliphatic carbocycles. The molecule has 170 valence electrons. The molecule has 2 aliphatic rings.